The van der Waals surface area contributed by atoms with Crippen LogP contribution < -0.4 is 5.32 Å². The summed E-state index contributed by atoms with van der Waals surface area (Å²) in [6.45, 7) is 10.9. The third-order valence-corrected chi connectivity index (χ3v) is 6.05. The summed E-state index contributed by atoms with van der Waals surface area (Å²) in [4.78, 5) is 33.5. The van der Waals surface area contributed by atoms with E-state index in [-0.39, 0.29) is 11.7 Å². The number of aliphatic imine (C=N–C) groups is 1. The minimum Gasteiger partial charge on any atom is -0.335 e. The van der Waals surface area contributed by atoms with Crippen molar-refractivity contribution in [2.45, 2.75) is 27.7 Å². The van der Waals surface area contributed by atoms with E-state index in [2.05, 4.69) is 37.2 Å². The van der Waals surface area contributed by atoms with Gasteiger partial charge in [0.1, 0.15) is 11.3 Å². The lowest BCUT2D eigenvalue weighted by atomic mass is 9.95. The van der Waals surface area contributed by atoms with Crippen LogP contribution in [0.1, 0.15) is 33.4 Å². The Bertz CT molecular complexity index is 1790. The van der Waals surface area contributed by atoms with E-state index >= 15 is 0 Å². The van der Waals surface area contributed by atoms with Gasteiger partial charge in [-0.05, 0) is 49.5 Å². The van der Waals surface area contributed by atoms with Crippen molar-refractivity contribution in [2.24, 2.45) is 10.4 Å². The highest BCUT2D eigenvalue weighted by atomic mass is 19.1. The lowest BCUT2D eigenvalue weighted by Gasteiger charge is -2.18. The van der Waals surface area contributed by atoms with Crippen molar-refractivity contribution >= 4 is 40.3 Å². The second kappa shape index (κ2) is 10.1. The zero-order valence-electron chi connectivity index (χ0n) is 22.0. The molecule has 0 bridgehead atoms. The quantitative estimate of drug-likeness (QED) is 0.192. The molecule has 0 aliphatic heterocycles. The van der Waals surface area contributed by atoms with E-state index in [1.807, 2.05) is 39.0 Å². The van der Waals surface area contributed by atoms with Gasteiger partial charge in [-0.3, -0.25) is 19.9 Å². The van der Waals surface area contributed by atoms with Crippen molar-refractivity contribution in [3.63, 3.8) is 0 Å². The van der Waals surface area contributed by atoms with Gasteiger partial charge in [0.2, 0.25) is 5.91 Å². The van der Waals surface area contributed by atoms with Crippen molar-refractivity contribution in [3.05, 3.63) is 78.3 Å². The molecule has 0 saturated carbocycles. The van der Waals surface area contributed by atoms with Crippen LogP contribution in [-0.4, -0.2) is 42.8 Å². The molecule has 0 aliphatic rings. The Balaban J connectivity index is 1.56. The summed E-state index contributed by atoms with van der Waals surface area (Å²) in [5.41, 5.74) is 5.90. The van der Waals surface area contributed by atoms with Crippen LogP contribution in [0, 0.1) is 11.2 Å². The first-order valence-corrected chi connectivity index (χ1v) is 12.3. The van der Waals surface area contributed by atoms with E-state index in [1.165, 1.54) is 12.1 Å². The summed E-state index contributed by atoms with van der Waals surface area (Å²) in [7, 11) is 0. The molecule has 196 valence electrons. The average molecular weight is 523 g/mol. The van der Waals surface area contributed by atoms with Gasteiger partial charge in [0.15, 0.2) is 11.5 Å². The first-order chi connectivity index (χ1) is 18.6. The number of allylic oxidation sites excluding steroid dienone is 3. The predicted octanol–water partition coefficient (Wildman–Crippen LogP) is 5.81. The normalized spacial score (nSPS) is 12.7. The standard InChI is InChI=1S/C29H27FN8O/c1-16(33-28(39)29(2,3)4)11-18(13-31-5)21-9-10-22-25(34-21)26(38-37-22)27-35-23-15-32-14-20(24(23)36-27)17-7-6-8-19(30)12-17/h6-15H,5H2,1-4H3,(H,33,39)(H,35,36)(H,37,38)/b16-11+,18-13+. The van der Waals surface area contributed by atoms with Gasteiger partial charge >= 0.3 is 0 Å². The number of H-pyrrole nitrogens is 2. The van der Waals surface area contributed by atoms with Gasteiger partial charge in [-0.25, -0.2) is 14.4 Å². The molecule has 0 fully saturated rings. The number of hydrogen-bond donors (Lipinski definition) is 3. The van der Waals surface area contributed by atoms with Crippen LogP contribution in [0.25, 0.3) is 50.3 Å². The largest absolute Gasteiger partial charge is 0.335 e. The van der Waals surface area contributed by atoms with Crippen LogP contribution in [-0.2, 0) is 4.79 Å². The van der Waals surface area contributed by atoms with Gasteiger partial charge in [0.05, 0.1) is 28.4 Å². The number of rotatable bonds is 6. The fourth-order valence-corrected chi connectivity index (χ4v) is 4.05. The molecule has 0 aliphatic carbocycles. The summed E-state index contributed by atoms with van der Waals surface area (Å²) >= 11 is 0. The molecule has 10 heteroatoms. The second-order valence-electron chi connectivity index (χ2n) is 10.1. The summed E-state index contributed by atoms with van der Waals surface area (Å²) in [6.07, 6.45) is 6.70. The van der Waals surface area contributed by atoms with Gasteiger partial charge in [-0.2, -0.15) is 5.10 Å². The Morgan fingerprint density at radius 1 is 1.10 bits per heavy atom. The molecule has 39 heavy (non-hydrogen) atoms. The maximum atomic E-state index is 13.9. The number of amides is 1. The number of nitrogens with one attached hydrogen (secondary N) is 3. The van der Waals surface area contributed by atoms with Crippen molar-refractivity contribution in [1.82, 2.24) is 35.5 Å². The molecule has 5 rings (SSSR count). The Morgan fingerprint density at radius 3 is 2.67 bits per heavy atom. The lowest BCUT2D eigenvalue weighted by Crippen LogP contribution is -2.33. The molecular weight excluding hydrogens is 495 g/mol. The van der Waals surface area contributed by atoms with E-state index in [0.29, 0.717) is 61.7 Å². The Morgan fingerprint density at radius 2 is 1.92 bits per heavy atom. The molecule has 4 aromatic heterocycles. The van der Waals surface area contributed by atoms with Crippen molar-refractivity contribution in [1.29, 1.82) is 0 Å². The van der Waals surface area contributed by atoms with E-state index in [1.54, 1.807) is 37.7 Å². The molecule has 3 N–H and O–H groups in total. The van der Waals surface area contributed by atoms with Gasteiger partial charge in [-0.15, -0.1) is 0 Å². The maximum Gasteiger partial charge on any atom is 0.229 e. The number of nitrogens with zero attached hydrogens (tertiary/aromatic N) is 5. The highest BCUT2D eigenvalue weighted by Gasteiger charge is 2.21. The smallest absolute Gasteiger partial charge is 0.229 e. The molecule has 1 amide bonds. The summed E-state index contributed by atoms with van der Waals surface area (Å²) in [5, 5.41) is 10.4. The van der Waals surface area contributed by atoms with E-state index < -0.39 is 5.41 Å². The van der Waals surface area contributed by atoms with Crippen LogP contribution in [0.4, 0.5) is 4.39 Å². The van der Waals surface area contributed by atoms with Gasteiger partial charge in [-0.1, -0.05) is 32.9 Å². The minimum atomic E-state index is -0.533. The fraction of sp³-hybridized carbons (Fsp3) is 0.172. The number of carbonyl (C=O) groups is 1. The first-order valence-electron chi connectivity index (χ1n) is 12.3. The number of carbonyl (C=O) groups excluding carboxylic acids is 1. The van der Waals surface area contributed by atoms with Crippen LogP contribution in [0.15, 0.2) is 71.8 Å². The average Bonchev–Trinajstić information content (AvgIpc) is 3.51. The lowest BCUT2D eigenvalue weighted by molar-refractivity contribution is -0.127. The SMILES string of the molecule is C=N/C=C(\C=C(/C)NC(=O)C(C)(C)C)c1ccc2[nH]nc(-c3nc4c(-c5cccc(F)c5)cncc4[nH]3)c2n1. The number of pyridine rings is 2. The third-order valence-electron chi connectivity index (χ3n) is 6.05. The fourth-order valence-electron chi connectivity index (χ4n) is 4.05. The summed E-state index contributed by atoms with van der Waals surface area (Å²) in [6, 6.07) is 10.0. The van der Waals surface area contributed by atoms with Crippen molar-refractivity contribution < 1.29 is 9.18 Å². The van der Waals surface area contributed by atoms with E-state index in [4.69, 9.17) is 9.97 Å². The van der Waals surface area contributed by atoms with Crippen LogP contribution in [0.2, 0.25) is 0 Å². The molecule has 4 heterocycles. The second-order valence-corrected chi connectivity index (χ2v) is 10.1. The van der Waals surface area contributed by atoms with Crippen molar-refractivity contribution in [2.75, 3.05) is 0 Å². The first kappa shape index (κ1) is 25.7. The third kappa shape index (κ3) is 5.22. The predicted molar refractivity (Wildman–Crippen MR) is 151 cm³/mol. The highest BCUT2D eigenvalue weighted by Crippen LogP contribution is 2.31. The van der Waals surface area contributed by atoms with Crippen LogP contribution in [0.5, 0.6) is 0 Å². The number of halogens is 1. The summed E-state index contributed by atoms with van der Waals surface area (Å²) < 4.78 is 13.9. The number of hydrogen-bond acceptors (Lipinski definition) is 6. The van der Waals surface area contributed by atoms with Gasteiger partial charge in [0, 0.05) is 34.6 Å². The minimum absolute atomic E-state index is 0.0975. The Kier molecular flexibility index (Phi) is 6.61. The van der Waals surface area contributed by atoms with Gasteiger partial charge < -0.3 is 10.3 Å². The molecule has 5 aromatic rings. The zero-order chi connectivity index (χ0) is 27.7. The molecule has 0 atom stereocenters. The van der Waals surface area contributed by atoms with Crippen LogP contribution >= 0.6 is 0 Å². The molecule has 9 nitrogen and oxygen atoms in total. The number of aromatic amines is 2. The van der Waals surface area contributed by atoms with E-state index in [0.717, 1.165) is 0 Å². The maximum absolute atomic E-state index is 13.9. The molecule has 0 unspecified atom stereocenters. The molecule has 0 spiro atoms. The number of benzene rings is 1. The van der Waals surface area contributed by atoms with Crippen LogP contribution in [0.3, 0.4) is 0 Å². The molecule has 0 radical (unpaired) electrons. The summed E-state index contributed by atoms with van der Waals surface area (Å²) in [5.74, 6) is 0.0539. The zero-order valence-corrected chi connectivity index (χ0v) is 22.0. The number of aromatic nitrogens is 6. The molecule has 0 saturated heterocycles. The molecule has 1 aromatic carbocycles. The monoisotopic (exact) mass is 522 g/mol. The molecular formula is C29H27FN8O. The highest BCUT2D eigenvalue weighted by molar-refractivity contribution is 5.96. The topological polar surface area (TPSA) is 125 Å². The van der Waals surface area contributed by atoms with Gasteiger partial charge in [0.25, 0.3) is 0 Å². The van der Waals surface area contributed by atoms with Crippen molar-refractivity contribution in [3.8, 4) is 22.6 Å². The number of fused-ring (bicyclic) bond motifs is 2. The Hall–Kier alpha value is -4.99. The Labute approximate surface area is 224 Å². The van der Waals surface area contributed by atoms with E-state index in [9.17, 15) is 9.18 Å². The number of imidazole rings is 1.